The van der Waals surface area contributed by atoms with Crippen LogP contribution in [0.4, 0.5) is 4.39 Å². The molecule has 2 aromatic rings. The highest BCUT2D eigenvalue weighted by atomic mass is 19.1. The lowest BCUT2D eigenvalue weighted by Crippen LogP contribution is -2.29. The number of hydrogen-bond donors (Lipinski definition) is 1. The zero-order valence-electron chi connectivity index (χ0n) is 12.7. The standard InChI is InChI=1S/C17H23FN2O/c1-3-19(4-2)13-17(21)16-10-7-11-20(16)12-14-8-5-6-9-15(14)18/h5-11,17,21H,3-4,12-13H2,1-2H3. The molecule has 4 heteroatoms. The lowest BCUT2D eigenvalue weighted by atomic mass is 10.2. The quantitative estimate of drug-likeness (QED) is 0.849. The van der Waals surface area contributed by atoms with Gasteiger partial charge in [-0.1, -0.05) is 32.0 Å². The Morgan fingerprint density at radius 2 is 1.86 bits per heavy atom. The summed E-state index contributed by atoms with van der Waals surface area (Å²) in [5.41, 5.74) is 1.45. The van der Waals surface area contributed by atoms with Gasteiger partial charge in [0.05, 0.1) is 6.54 Å². The van der Waals surface area contributed by atoms with Gasteiger partial charge in [0.15, 0.2) is 0 Å². The molecular weight excluding hydrogens is 267 g/mol. The van der Waals surface area contributed by atoms with Gasteiger partial charge in [0.2, 0.25) is 0 Å². The summed E-state index contributed by atoms with van der Waals surface area (Å²) in [7, 11) is 0. The van der Waals surface area contributed by atoms with E-state index in [-0.39, 0.29) is 5.82 Å². The minimum Gasteiger partial charge on any atom is -0.386 e. The number of nitrogens with zero attached hydrogens (tertiary/aromatic N) is 2. The van der Waals surface area contributed by atoms with Crippen LogP contribution >= 0.6 is 0 Å². The van der Waals surface area contributed by atoms with Crippen molar-refractivity contribution in [3.05, 3.63) is 59.7 Å². The maximum atomic E-state index is 13.7. The van der Waals surface area contributed by atoms with E-state index in [0.717, 1.165) is 18.8 Å². The van der Waals surface area contributed by atoms with Crippen LogP contribution in [-0.2, 0) is 6.54 Å². The Balaban J connectivity index is 2.13. The molecule has 0 bridgehead atoms. The van der Waals surface area contributed by atoms with Crippen LogP contribution in [0.2, 0.25) is 0 Å². The molecule has 1 aromatic heterocycles. The lowest BCUT2D eigenvalue weighted by molar-refractivity contribution is 0.112. The molecule has 0 saturated carbocycles. The molecule has 0 aliphatic rings. The van der Waals surface area contributed by atoms with Gasteiger partial charge >= 0.3 is 0 Å². The van der Waals surface area contributed by atoms with Crippen LogP contribution in [0.3, 0.4) is 0 Å². The molecule has 2 rings (SSSR count). The summed E-state index contributed by atoms with van der Waals surface area (Å²) in [5.74, 6) is -0.213. The first kappa shape index (κ1) is 15.7. The van der Waals surface area contributed by atoms with Crippen molar-refractivity contribution in [2.24, 2.45) is 0 Å². The predicted octanol–water partition coefficient (Wildman–Crippen LogP) is 3.05. The number of aliphatic hydroxyl groups is 1. The number of aromatic nitrogens is 1. The molecule has 0 spiro atoms. The van der Waals surface area contributed by atoms with Crippen LogP contribution in [0.1, 0.15) is 31.2 Å². The molecule has 0 fully saturated rings. The fourth-order valence-corrected chi connectivity index (χ4v) is 2.50. The summed E-state index contributed by atoms with van der Waals surface area (Å²) < 4.78 is 15.7. The average molecular weight is 290 g/mol. The Morgan fingerprint density at radius 3 is 2.52 bits per heavy atom. The first-order valence-electron chi connectivity index (χ1n) is 7.44. The highest BCUT2D eigenvalue weighted by Crippen LogP contribution is 2.18. The molecule has 0 radical (unpaired) electrons. The highest BCUT2D eigenvalue weighted by molar-refractivity contribution is 5.20. The molecule has 0 saturated heterocycles. The topological polar surface area (TPSA) is 28.4 Å². The molecule has 1 N–H and O–H groups in total. The molecule has 114 valence electrons. The van der Waals surface area contributed by atoms with Gasteiger partial charge in [0, 0.05) is 24.0 Å². The van der Waals surface area contributed by atoms with Crippen molar-refractivity contribution in [3.8, 4) is 0 Å². The summed E-state index contributed by atoms with van der Waals surface area (Å²) in [5, 5.41) is 10.4. The van der Waals surface area contributed by atoms with E-state index >= 15 is 0 Å². The third-order valence-electron chi connectivity index (χ3n) is 3.83. The van der Waals surface area contributed by atoms with Crippen molar-refractivity contribution in [1.29, 1.82) is 0 Å². The molecule has 1 unspecified atom stereocenters. The van der Waals surface area contributed by atoms with E-state index in [2.05, 4.69) is 18.7 Å². The molecule has 1 heterocycles. The van der Waals surface area contributed by atoms with Crippen LogP contribution in [0.25, 0.3) is 0 Å². The van der Waals surface area contributed by atoms with E-state index in [0.29, 0.717) is 18.7 Å². The Kier molecular flexibility index (Phi) is 5.53. The van der Waals surface area contributed by atoms with Crippen LogP contribution in [0.5, 0.6) is 0 Å². The second-order valence-corrected chi connectivity index (χ2v) is 5.15. The number of aliphatic hydroxyl groups excluding tert-OH is 1. The van der Waals surface area contributed by atoms with Crippen LogP contribution < -0.4 is 0 Å². The zero-order valence-corrected chi connectivity index (χ0v) is 12.7. The van der Waals surface area contributed by atoms with Gasteiger partial charge in [-0.05, 0) is 31.3 Å². The van der Waals surface area contributed by atoms with Crippen LogP contribution in [0.15, 0.2) is 42.6 Å². The Labute approximate surface area is 125 Å². The van der Waals surface area contributed by atoms with Gasteiger partial charge in [0.1, 0.15) is 11.9 Å². The first-order chi connectivity index (χ1) is 10.2. The number of rotatable bonds is 7. The monoisotopic (exact) mass is 290 g/mol. The highest BCUT2D eigenvalue weighted by Gasteiger charge is 2.15. The van der Waals surface area contributed by atoms with E-state index in [4.69, 9.17) is 0 Å². The molecule has 0 amide bonds. The molecule has 0 aliphatic heterocycles. The minimum absolute atomic E-state index is 0.213. The van der Waals surface area contributed by atoms with Crippen molar-refractivity contribution in [2.45, 2.75) is 26.5 Å². The fraction of sp³-hybridized carbons (Fsp3) is 0.412. The van der Waals surface area contributed by atoms with Gasteiger partial charge in [-0.15, -0.1) is 0 Å². The van der Waals surface area contributed by atoms with Crippen LogP contribution in [0, 0.1) is 5.82 Å². The Bertz CT molecular complexity index is 563. The number of halogens is 1. The van der Waals surface area contributed by atoms with Gasteiger partial charge < -0.3 is 14.6 Å². The molecule has 1 aromatic carbocycles. The third kappa shape index (κ3) is 3.93. The second kappa shape index (κ2) is 7.38. The maximum Gasteiger partial charge on any atom is 0.128 e. The van der Waals surface area contributed by atoms with E-state index in [1.807, 2.05) is 29.0 Å². The fourth-order valence-electron chi connectivity index (χ4n) is 2.50. The summed E-state index contributed by atoms with van der Waals surface area (Å²) >= 11 is 0. The summed E-state index contributed by atoms with van der Waals surface area (Å²) in [4.78, 5) is 2.17. The minimum atomic E-state index is -0.563. The average Bonchev–Trinajstić information content (AvgIpc) is 2.95. The van der Waals surface area contributed by atoms with Gasteiger partial charge in [-0.25, -0.2) is 4.39 Å². The second-order valence-electron chi connectivity index (χ2n) is 5.15. The molecular formula is C17H23FN2O. The van der Waals surface area contributed by atoms with Crippen LogP contribution in [-0.4, -0.2) is 34.2 Å². The Morgan fingerprint density at radius 1 is 1.14 bits per heavy atom. The molecule has 21 heavy (non-hydrogen) atoms. The van der Waals surface area contributed by atoms with Crippen molar-refractivity contribution >= 4 is 0 Å². The largest absolute Gasteiger partial charge is 0.386 e. The zero-order chi connectivity index (χ0) is 15.2. The van der Waals surface area contributed by atoms with Crippen molar-refractivity contribution in [1.82, 2.24) is 9.47 Å². The van der Waals surface area contributed by atoms with E-state index in [1.54, 1.807) is 12.1 Å². The number of hydrogen-bond acceptors (Lipinski definition) is 2. The molecule has 0 aliphatic carbocycles. The molecule has 3 nitrogen and oxygen atoms in total. The van der Waals surface area contributed by atoms with E-state index in [9.17, 15) is 9.50 Å². The van der Waals surface area contributed by atoms with Gasteiger partial charge in [-0.2, -0.15) is 0 Å². The smallest absolute Gasteiger partial charge is 0.128 e. The summed E-state index contributed by atoms with van der Waals surface area (Å²) in [6.45, 7) is 6.99. The van der Waals surface area contributed by atoms with Gasteiger partial charge in [0.25, 0.3) is 0 Å². The summed E-state index contributed by atoms with van der Waals surface area (Å²) in [6, 6.07) is 10.5. The normalized spacial score (nSPS) is 12.8. The third-order valence-corrected chi connectivity index (χ3v) is 3.83. The molecule has 1 atom stereocenters. The summed E-state index contributed by atoms with van der Waals surface area (Å²) in [6.07, 6.45) is 1.32. The maximum absolute atomic E-state index is 13.7. The SMILES string of the molecule is CCN(CC)CC(O)c1cccn1Cc1ccccc1F. The van der Waals surface area contributed by atoms with E-state index < -0.39 is 6.10 Å². The lowest BCUT2D eigenvalue weighted by Gasteiger charge is -2.23. The Hall–Kier alpha value is -1.65. The predicted molar refractivity (Wildman–Crippen MR) is 82.7 cm³/mol. The van der Waals surface area contributed by atoms with Crippen molar-refractivity contribution in [2.75, 3.05) is 19.6 Å². The van der Waals surface area contributed by atoms with E-state index in [1.165, 1.54) is 6.07 Å². The van der Waals surface area contributed by atoms with Crippen molar-refractivity contribution in [3.63, 3.8) is 0 Å². The van der Waals surface area contributed by atoms with Gasteiger partial charge in [-0.3, -0.25) is 0 Å². The first-order valence-corrected chi connectivity index (χ1v) is 7.44. The van der Waals surface area contributed by atoms with Crippen molar-refractivity contribution < 1.29 is 9.50 Å². The number of likely N-dealkylation sites (N-methyl/N-ethyl adjacent to an activating group) is 1. The number of benzene rings is 1.